The van der Waals surface area contributed by atoms with E-state index < -0.39 is 11.8 Å². The number of urea groups is 1. The molecule has 2 amide bonds. The Kier molecular flexibility index (Phi) is 7.22. The SMILES string of the molecule is O=C(Nc1cccc(Cl)c1)Nc1ccc(Oc2ccc3ncc(CN4CCOCC4)nc3c2)c(F)c1. The van der Waals surface area contributed by atoms with Gasteiger partial charge in [-0.2, -0.15) is 0 Å². The van der Waals surface area contributed by atoms with Gasteiger partial charge in [0.15, 0.2) is 11.6 Å². The normalized spacial score (nSPS) is 13.9. The van der Waals surface area contributed by atoms with Crippen LogP contribution in [0.15, 0.2) is 66.9 Å². The molecule has 1 aliphatic heterocycles. The molecule has 10 heteroatoms. The molecule has 184 valence electrons. The largest absolute Gasteiger partial charge is 0.454 e. The number of hydrogen-bond donors (Lipinski definition) is 2. The van der Waals surface area contributed by atoms with Crippen LogP contribution in [0, 0.1) is 5.82 Å². The van der Waals surface area contributed by atoms with Crippen molar-refractivity contribution in [3.8, 4) is 11.5 Å². The van der Waals surface area contributed by atoms with E-state index in [1.807, 2.05) is 0 Å². The number of aromatic nitrogens is 2. The lowest BCUT2D eigenvalue weighted by Crippen LogP contribution is -2.35. The van der Waals surface area contributed by atoms with Gasteiger partial charge in [-0.3, -0.25) is 9.88 Å². The van der Waals surface area contributed by atoms with E-state index in [4.69, 9.17) is 26.1 Å². The third kappa shape index (κ3) is 6.06. The van der Waals surface area contributed by atoms with Crippen molar-refractivity contribution < 1.29 is 18.7 Å². The summed E-state index contributed by atoms with van der Waals surface area (Å²) in [6.07, 6.45) is 1.77. The predicted octanol–water partition coefficient (Wildman–Crippen LogP) is 5.69. The standard InChI is InChI=1S/C26H23ClFN5O3/c27-17-2-1-3-18(12-17)31-26(34)32-19-4-7-25(22(28)13-19)36-21-5-6-23-24(14-21)30-20(15-29-23)16-33-8-10-35-11-9-33/h1-7,12-15H,8-11,16H2,(H2,31,32,34). The topological polar surface area (TPSA) is 88.6 Å². The number of amides is 2. The van der Waals surface area contributed by atoms with E-state index in [0.717, 1.165) is 24.3 Å². The van der Waals surface area contributed by atoms with Crippen molar-refractivity contribution in [3.05, 3.63) is 83.4 Å². The maximum Gasteiger partial charge on any atom is 0.323 e. The summed E-state index contributed by atoms with van der Waals surface area (Å²) in [6.45, 7) is 3.83. The Hall–Kier alpha value is -3.79. The maximum absolute atomic E-state index is 14.7. The van der Waals surface area contributed by atoms with Crippen LogP contribution in [0.25, 0.3) is 11.0 Å². The second-order valence-corrected chi connectivity index (χ2v) is 8.67. The number of ether oxygens (including phenoxy) is 2. The Labute approximate surface area is 212 Å². The van der Waals surface area contributed by atoms with Crippen molar-refractivity contribution in [2.45, 2.75) is 6.54 Å². The molecule has 1 aromatic heterocycles. The van der Waals surface area contributed by atoms with Crippen LogP contribution in [0.3, 0.4) is 0 Å². The lowest BCUT2D eigenvalue weighted by atomic mass is 10.2. The Morgan fingerprint density at radius 2 is 1.83 bits per heavy atom. The number of halogens is 2. The number of carbonyl (C=O) groups excluding carboxylic acids is 1. The molecule has 0 aliphatic carbocycles. The van der Waals surface area contributed by atoms with Crippen molar-refractivity contribution >= 4 is 40.0 Å². The first-order chi connectivity index (χ1) is 17.5. The molecule has 1 fully saturated rings. The summed E-state index contributed by atoms with van der Waals surface area (Å²) in [6, 6.07) is 15.6. The predicted molar refractivity (Wildman–Crippen MR) is 136 cm³/mol. The van der Waals surface area contributed by atoms with Gasteiger partial charge in [0.2, 0.25) is 0 Å². The van der Waals surface area contributed by atoms with E-state index >= 15 is 0 Å². The number of nitrogens with zero attached hydrogens (tertiary/aromatic N) is 3. The highest BCUT2D eigenvalue weighted by molar-refractivity contribution is 6.30. The quantitative estimate of drug-likeness (QED) is 0.348. The summed E-state index contributed by atoms with van der Waals surface area (Å²) in [5.74, 6) is -0.172. The monoisotopic (exact) mass is 507 g/mol. The lowest BCUT2D eigenvalue weighted by Gasteiger charge is -2.26. The highest BCUT2D eigenvalue weighted by Crippen LogP contribution is 2.28. The lowest BCUT2D eigenvalue weighted by molar-refractivity contribution is 0.0336. The Morgan fingerprint density at radius 1 is 1.03 bits per heavy atom. The van der Waals surface area contributed by atoms with Crippen molar-refractivity contribution in [2.24, 2.45) is 0 Å². The zero-order chi connectivity index (χ0) is 24.9. The van der Waals surface area contributed by atoms with Crippen LogP contribution in [-0.4, -0.2) is 47.2 Å². The van der Waals surface area contributed by atoms with Gasteiger partial charge in [0.1, 0.15) is 5.75 Å². The molecule has 36 heavy (non-hydrogen) atoms. The summed E-state index contributed by atoms with van der Waals surface area (Å²) < 4.78 is 25.9. The summed E-state index contributed by atoms with van der Waals surface area (Å²) in [4.78, 5) is 23.7. The van der Waals surface area contributed by atoms with Gasteiger partial charge in [0.05, 0.1) is 36.1 Å². The minimum absolute atomic E-state index is 0.0209. The molecule has 1 saturated heterocycles. The number of hydrogen-bond acceptors (Lipinski definition) is 6. The van der Waals surface area contributed by atoms with Gasteiger partial charge in [-0.05, 0) is 42.5 Å². The minimum Gasteiger partial charge on any atom is -0.454 e. The van der Waals surface area contributed by atoms with E-state index in [0.29, 0.717) is 41.7 Å². The number of nitrogens with one attached hydrogen (secondary N) is 2. The van der Waals surface area contributed by atoms with Crippen molar-refractivity contribution in [2.75, 3.05) is 36.9 Å². The number of fused-ring (bicyclic) bond motifs is 1. The first-order valence-corrected chi connectivity index (χ1v) is 11.8. The van der Waals surface area contributed by atoms with Gasteiger partial charge >= 0.3 is 6.03 Å². The summed E-state index contributed by atoms with van der Waals surface area (Å²) in [5, 5.41) is 5.72. The summed E-state index contributed by atoms with van der Waals surface area (Å²) >= 11 is 5.92. The molecule has 4 aromatic rings. The molecule has 5 rings (SSSR count). The first kappa shape index (κ1) is 23.9. The molecule has 0 radical (unpaired) electrons. The molecule has 2 heterocycles. The third-order valence-corrected chi connectivity index (χ3v) is 5.79. The van der Waals surface area contributed by atoms with Crippen molar-refractivity contribution in [3.63, 3.8) is 0 Å². The fourth-order valence-electron chi connectivity index (χ4n) is 3.81. The molecule has 3 aromatic carbocycles. The van der Waals surface area contributed by atoms with Crippen LogP contribution in [0.1, 0.15) is 5.69 Å². The van der Waals surface area contributed by atoms with Gasteiger partial charge in [-0.15, -0.1) is 0 Å². The molecule has 0 unspecified atom stereocenters. The fraction of sp³-hybridized carbons (Fsp3) is 0.192. The smallest absolute Gasteiger partial charge is 0.323 e. The van der Waals surface area contributed by atoms with Crippen molar-refractivity contribution in [1.29, 1.82) is 0 Å². The summed E-state index contributed by atoms with van der Waals surface area (Å²) in [7, 11) is 0. The number of anilines is 2. The van der Waals surface area contributed by atoms with Crippen LogP contribution < -0.4 is 15.4 Å². The van der Waals surface area contributed by atoms with E-state index in [-0.39, 0.29) is 11.4 Å². The fourth-order valence-corrected chi connectivity index (χ4v) is 4.00. The Balaban J connectivity index is 1.25. The Bertz CT molecular complexity index is 1400. The van der Waals surface area contributed by atoms with Crippen LogP contribution in [-0.2, 0) is 11.3 Å². The number of rotatable bonds is 6. The molecule has 1 aliphatic rings. The molecule has 0 saturated carbocycles. The van der Waals surface area contributed by atoms with Crippen LogP contribution in [0.5, 0.6) is 11.5 Å². The number of benzene rings is 3. The van der Waals surface area contributed by atoms with Gasteiger partial charge in [0.25, 0.3) is 0 Å². The molecule has 8 nitrogen and oxygen atoms in total. The number of morpholine rings is 1. The third-order valence-electron chi connectivity index (χ3n) is 5.55. The van der Waals surface area contributed by atoms with Crippen LogP contribution >= 0.6 is 11.6 Å². The molecule has 0 spiro atoms. The second kappa shape index (κ2) is 10.9. The zero-order valence-electron chi connectivity index (χ0n) is 19.2. The van der Waals surface area contributed by atoms with E-state index in [1.54, 1.807) is 54.7 Å². The van der Waals surface area contributed by atoms with Gasteiger partial charge in [0, 0.05) is 48.2 Å². The van der Waals surface area contributed by atoms with Gasteiger partial charge in [-0.25, -0.2) is 14.2 Å². The minimum atomic E-state index is -0.622. The Morgan fingerprint density at radius 3 is 2.61 bits per heavy atom. The first-order valence-electron chi connectivity index (χ1n) is 11.4. The number of carbonyl (C=O) groups is 1. The molecule has 2 N–H and O–H groups in total. The average molecular weight is 508 g/mol. The van der Waals surface area contributed by atoms with Gasteiger partial charge < -0.3 is 20.1 Å². The van der Waals surface area contributed by atoms with Crippen LogP contribution in [0.2, 0.25) is 5.02 Å². The second-order valence-electron chi connectivity index (χ2n) is 8.24. The highest BCUT2D eigenvalue weighted by Gasteiger charge is 2.13. The summed E-state index contributed by atoms with van der Waals surface area (Å²) in [5.41, 5.74) is 3.03. The zero-order valence-corrected chi connectivity index (χ0v) is 20.0. The molecule has 0 atom stereocenters. The van der Waals surface area contributed by atoms with Crippen molar-refractivity contribution in [1.82, 2.24) is 14.9 Å². The molecular formula is C26H23ClFN5O3. The van der Waals surface area contributed by atoms with E-state index in [9.17, 15) is 9.18 Å². The highest BCUT2D eigenvalue weighted by atomic mass is 35.5. The maximum atomic E-state index is 14.7. The van der Waals surface area contributed by atoms with Gasteiger partial charge in [-0.1, -0.05) is 17.7 Å². The average Bonchev–Trinajstić information content (AvgIpc) is 2.86. The molecular weight excluding hydrogens is 485 g/mol. The molecule has 0 bridgehead atoms. The van der Waals surface area contributed by atoms with Crippen LogP contribution in [0.4, 0.5) is 20.6 Å². The van der Waals surface area contributed by atoms with E-state index in [1.165, 1.54) is 12.1 Å². The van der Waals surface area contributed by atoms with E-state index in [2.05, 4.69) is 20.5 Å².